The summed E-state index contributed by atoms with van der Waals surface area (Å²) in [4.78, 5) is 29.7. The molecule has 1 aliphatic heterocycles. The minimum Gasteiger partial charge on any atom is -0.342 e. The second-order valence-corrected chi connectivity index (χ2v) is 5.18. The van der Waals surface area contributed by atoms with Gasteiger partial charge in [-0.2, -0.15) is 4.98 Å². The number of nitrogens with zero attached hydrogens (tertiary/aromatic N) is 3. The highest BCUT2D eigenvalue weighted by Crippen LogP contribution is 2.14. The van der Waals surface area contributed by atoms with Gasteiger partial charge >= 0.3 is 0 Å². The smallest absolute Gasteiger partial charge is 0.245 e. The second-order valence-electron chi connectivity index (χ2n) is 5.18. The first-order chi connectivity index (χ1) is 9.51. The van der Waals surface area contributed by atoms with E-state index in [0.29, 0.717) is 24.7 Å². The minimum atomic E-state index is -0.425. The number of rotatable bonds is 5. The number of aromatic nitrogens is 2. The molecular formula is C13H20N4O3. The fourth-order valence-corrected chi connectivity index (χ4v) is 2.21. The summed E-state index contributed by atoms with van der Waals surface area (Å²) in [6, 6.07) is -0.425. The molecule has 1 aliphatic rings. The molecule has 0 aliphatic carbocycles. The Bertz CT molecular complexity index is 500. The van der Waals surface area contributed by atoms with Crippen LogP contribution in [-0.2, 0) is 16.0 Å². The third-order valence-electron chi connectivity index (χ3n) is 3.61. The predicted molar refractivity (Wildman–Crippen MR) is 70.7 cm³/mol. The summed E-state index contributed by atoms with van der Waals surface area (Å²) in [6.45, 7) is 6.23. The molecule has 2 unspecified atom stereocenters. The highest BCUT2D eigenvalue weighted by molar-refractivity contribution is 5.95. The van der Waals surface area contributed by atoms with E-state index in [1.54, 1.807) is 11.8 Å². The Kier molecular flexibility index (Phi) is 4.36. The predicted octanol–water partition coefficient (Wildman–Crippen LogP) is 0.294. The Labute approximate surface area is 117 Å². The molecule has 1 saturated heterocycles. The van der Waals surface area contributed by atoms with Gasteiger partial charge in [-0.3, -0.25) is 9.59 Å². The Hall–Kier alpha value is -1.92. The molecule has 110 valence electrons. The summed E-state index contributed by atoms with van der Waals surface area (Å²) in [6.07, 6.45) is 1.31. The van der Waals surface area contributed by atoms with E-state index < -0.39 is 6.04 Å². The summed E-state index contributed by atoms with van der Waals surface area (Å²) in [5, 5.41) is 6.47. The van der Waals surface area contributed by atoms with Gasteiger partial charge in [0.1, 0.15) is 6.04 Å². The largest absolute Gasteiger partial charge is 0.342 e. The van der Waals surface area contributed by atoms with Crippen molar-refractivity contribution in [1.82, 2.24) is 20.4 Å². The van der Waals surface area contributed by atoms with E-state index in [1.807, 2.05) is 13.8 Å². The fraction of sp³-hybridized carbons (Fsp3) is 0.692. The van der Waals surface area contributed by atoms with E-state index in [9.17, 15) is 9.59 Å². The average molecular weight is 280 g/mol. The zero-order chi connectivity index (χ0) is 14.7. The molecule has 0 saturated carbocycles. The molecule has 1 aromatic rings. The van der Waals surface area contributed by atoms with E-state index in [-0.39, 0.29) is 24.3 Å². The minimum absolute atomic E-state index is 0.0322. The molecular weight excluding hydrogens is 260 g/mol. The summed E-state index contributed by atoms with van der Waals surface area (Å²) in [5.41, 5.74) is 0. The van der Waals surface area contributed by atoms with Crippen LogP contribution in [0.4, 0.5) is 0 Å². The summed E-state index contributed by atoms with van der Waals surface area (Å²) >= 11 is 0. The molecule has 2 rings (SSSR count). The van der Waals surface area contributed by atoms with Crippen molar-refractivity contribution in [2.75, 3.05) is 13.1 Å². The first kappa shape index (κ1) is 14.5. The fourth-order valence-electron chi connectivity index (χ4n) is 2.21. The molecule has 0 aromatic carbocycles. The number of aryl methyl sites for hydroxylation is 1. The maximum atomic E-state index is 12.3. The third kappa shape index (κ3) is 3.15. The highest BCUT2D eigenvalue weighted by atomic mass is 16.5. The van der Waals surface area contributed by atoms with Crippen molar-refractivity contribution in [1.29, 1.82) is 0 Å². The van der Waals surface area contributed by atoms with Gasteiger partial charge in [0.05, 0.1) is 6.54 Å². The summed E-state index contributed by atoms with van der Waals surface area (Å²) < 4.78 is 5.01. The first-order valence-electron chi connectivity index (χ1n) is 6.88. The average Bonchev–Trinajstić information content (AvgIpc) is 2.84. The molecule has 7 heteroatoms. The van der Waals surface area contributed by atoms with Gasteiger partial charge in [-0.1, -0.05) is 25.4 Å². The third-order valence-corrected chi connectivity index (χ3v) is 3.61. The van der Waals surface area contributed by atoms with Crippen LogP contribution in [0, 0.1) is 12.8 Å². The lowest BCUT2D eigenvalue weighted by molar-refractivity contribution is -0.145. The van der Waals surface area contributed by atoms with Gasteiger partial charge < -0.3 is 14.7 Å². The lowest BCUT2D eigenvalue weighted by Crippen LogP contribution is -2.60. The van der Waals surface area contributed by atoms with Gasteiger partial charge in [0, 0.05) is 13.0 Å². The molecule has 2 amide bonds. The Morgan fingerprint density at radius 1 is 1.50 bits per heavy atom. The van der Waals surface area contributed by atoms with Gasteiger partial charge in [-0.05, 0) is 12.8 Å². The van der Waals surface area contributed by atoms with Crippen LogP contribution in [0.25, 0.3) is 0 Å². The number of piperazine rings is 1. The molecule has 1 aromatic heterocycles. The Balaban J connectivity index is 1.99. The van der Waals surface area contributed by atoms with Crippen molar-refractivity contribution in [3.8, 4) is 0 Å². The monoisotopic (exact) mass is 280 g/mol. The lowest BCUT2D eigenvalue weighted by atomic mass is 9.96. The number of carbonyl (C=O) groups excluding carboxylic acids is 2. The molecule has 20 heavy (non-hydrogen) atoms. The van der Waals surface area contributed by atoms with Crippen LogP contribution in [0.2, 0.25) is 0 Å². The quantitative estimate of drug-likeness (QED) is 0.837. The Morgan fingerprint density at radius 3 is 2.85 bits per heavy atom. The van der Waals surface area contributed by atoms with Crippen LogP contribution < -0.4 is 5.32 Å². The van der Waals surface area contributed by atoms with Gasteiger partial charge in [-0.15, -0.1) is 0 Å². The Morgan fingerprint density at radius 2 is 2.25 bits per heavy atom. The first-order valence-corrected chi connectivity index (χ1v) is 6.88. The number of nitrogens with one attached hydrogen (secondary N) is 1. The van der Waals surface area contributed by atoms with Crippen molar-refractivity contribution < 1.29 is 14.1 Å². The number of carbonyl (C=O) groups is 2. The molecule has 1 fully saturated rings. The maximum Gasteiger partial charge on any atom is 0.245 e. The van der Waals surface area contributed by atoms with Crippen LogP contribution in [0.3, 0.4) is 0 Å². The van der Waals surface area contributed by atoms with Crippen molar-refractivity contribution in [2.45, 2.75) is 39.7 Å². The van der Waals surface area contributed by atoms with Gasteiger partial charge in [-0.25, -0.2) is 0 Å². The van der Waals surface area contributed by atoms with Gasteiger partial charge in [0.2, 0.25) is 17.7 Å². The van der Waals surface area contributed by atoms with E-state index in [1.165, 1.54) is 0 Å². The van der Waals surface area contributed by atoms with Crippen molar-refractivity contribution >= 4 is 11.8 Å². The van der Waals surface area contributed by atoms with Crippen LogP contribution in [-0.4, -0.2) is 46.0 Å². The topological polar surface area (TPSA) is 88.3 Å². The van der Waals surface area contributed by atoms with Crippen molar-refractivity contribution in [3.05, 3.63) is 11.7 Å². The molecule has 7 nitrogen and oxygen atoms in total. The normalized spacial score (nSPS) is 20.9. The molecule has 1 N–H and O–H groups in total. The molecule has 0 bridgehead atoms. The number of amides is 2. The lowest BCUT2D eigenvalue weighted by Gasteiger charge is -2.34. The number of hydrogen-bond donors (Lipinski definition) is 1. The maximum absolute atomic E-state index is 12.3. The van der Waals surface area contributed by atoms with Crippen LogP contribution in [0.1, 0.15) is 32.0 Å². The standard InChI is InChI=1S/C13H20N4O3/c1-4-8(2)12-13(19)17(7-10(18)15-12)6-5-11-14-9(3)16-20-11/h8,12H,4-7H2,1-3H3,(H,15,18). The molecule has 2 heterocycles. The van der Waals surface area contributed by atoms with Crippen LogP contribution >= 0.6 is 0 Å². The van der Waals surface area contributed by atoms with Crippen molar-refractivity contribution in [2.24, 2.45) is 5.92 Å². The van der Waals surface area contributed by atoms with Gasteiger partial charge in [0.25, 0.3) is 0 Å². The summed E-state index contributed by atoms with van der Waals surface area (Å²) in [5.74, 6) is 1.04. The summed E-state index contributed by atoms with van der Waals surface area (Å²) in [7, 11) is 0. The van der Waals surface area contributed by atoms with E-state index >= 15 is 0 Å². The highest BCUT2D eigenvalue weighted by Gasteiger charge is 2.35. The second kappa shape index (κ2) is 6.02. The van der Waals surface area contributed by atoms with E-state index in [2.05, 4.69) is 15.5 Å². The zero-order valence-corrected chi connectivity index (χ0v) is 12.0. The van der Waals surface area contributed by atoms with E-state index in [0.717, 1.165) is 6.42 Å². The van der Waals surface area contributed by atoms with Gasteiger partial charge in [0.15, 0.2) is 5.82 Å². The SMILES string of the molecule is CCC(C)C1NC(=O)CN(CCc2nc(C)no2)C1=O. The molecule has 0 radical (unpaired) electrons. The molecule has 2 atom stereocenters. The van der Waals surface area contributed by atoms with Crippen LogP contribution in [0.15, 0.2) is 4.52 Å². The molecule has 0 spiro atoms. The number of hydrogen-bond acceptors (Lipinski definition) is 5. The van der Waals surface area contributed by atoms with E-state index in [4.69, 9.17) is 4.52 Å². The van der Waals surface area contributed by atoms with Crippen LogP contribution in [0.5, 0.6) is 0 Å². The zero-order valence-electron chi connectivity index (χ0n) is 12.0. The van der Waals surface area contributed by atoms with Crippen molar-refractivity contribution in [3.63, 3.8) is 0 Å².